The number of nitrogens with zero attached hydrogens (tertiary/aromatic N) is 1. The Morgan fingerprint density at radius 2 is 2.08 bits per heavy atom. The van der Waals surface area contributed by atoms with Gasteiger partial charge < -0.3 is 11.5 Å². The standard InChI is InChI=1S/C7H6ClFIN3/c8-3-1-4(9)6(5(10)2-3)13-7(11)12/h1-2H,(H4,11,12,13). The monoisotopic (exact) mass is 313 g/mol. The number of rotatable bonds is 1. The van der Waals surface area contributed by atoms with Crippen LogP contribution < -0.4 is 11.5 Å². The van der Waals surface area contributed by atoms with Crippen LogP contribution in [0.4, 0.5) is 10.1 Å². The Hall–Kier alpha value is -0.560. The van der Waals surface area contributed by atoms with E-state index in [-0.39, 0.29) is 11.6 Å². The van der Waals surface area contributed by atoms with Crippen molar-refractivity contribution in [2.75, 3.05) is 0 Å². The summed E-state index contributed by atoms with van der Waals surface area (Å²) in [5, 5.41) is 0.316. The van der Waals surface area contributed by atoms with Crippen molar-refractivity contribution in [2.24, 2.45) is 16.5 Å². The van der Waals surface area contributed by atoms with E-state index in [0.717, 1.165) is 6.07 Å². The predicted octanol–water partition coefficient (Wildman–Crippen LogP) is 1.99. The molecule has 0 saturated carbocycles. The van der Waals surface area contributed by atoms with Gasteiger partial charge in [0.15, 0.2) is 11.8 Å². The van der Waals surface area contributed by atoms with Crippen molar-refractivity contribution < 1.29 is 4.39 Å². The number of guanidine groups is 1. The number of halogens is 3. The quantitative estimate of drug-likeness (QED) is 0.473. The van der Waals surface area contributed by atoms with Crippen LogP contribution in [0, 0.1) is 9.39 Å². The van der Waals surface area contributed by atoms with Gasteiger partial charge in [0.05, 0.1) is 0 Å². The third-order valence-electron chi connectivity index (χ3n) is 1.22. The summed E-state index contributed by atoms with van der Waals surface area (Å²) in [6.07, 6.45) is 0. The number of benzene rings is 1. The molecule has 0 unspecified atom stereocenters. The van der Waals surface area contributed by atoms with Crippen molar-refractivity contribution in [1.82, 2.24) is 0 Å². The van der Waals surface area contributed by atoms with Crippen LogP contribution in [0.2, 0.25) is 5.02 Å². The first-order valence-corrected chi connectivity index (χ1v) is 4.70. The molecule has 4 N–H and O–H groups in total. The molecule has 0 aliphatic heterocycles. The molecule has 13 heavy (non-hydrogen) atoms. The zero-order chi connectivity index (χ0) is 10.0. The molecule has 0 aliphatic carbocycles. The van der Waals surface area contributed by atoms with E-state index in [1.807, 2.05) is 22.6 Å². The lowest BCUT2D eigenvalue weighted by Gasteiger charge is -2.01. The smallest absolute Gasteiger partial charge is 0.191 e. The summed E-state index contributed by atoms with van der Waals surface area (Å²) in [5.74, 6) is -0.718. The molecule has 0 aliphatic rings. The largest absolute Gasteiger partial charge is 0.370 e. The molecule has 0 aromatic heterocycles. The third kappa shape index (κ3) is 2.70. The van der Waals surface area contributed by atoms with Crippen LogP contribution in [-0.2, 0) is 0 Å². The highest BCUT2D eigenvalue weighted by molar-refractivity contribution is 14.1. The predicted molar refractivity (Wildman–Crippen MR) is 59.6 cm³/mol. The Morgan fingerprint density at radius 1 is 1.46 bits per heavy atom. The number of hydrogen-bond donors (Lipinski definition) is 2. The average Bonchev–Trinajstić information content (AvgIpc) is 1.96. The molecule has 0 spiro atoms. The van der Waals surface area contributed by atoms with Gasteiger partial charge in [0.1, 0.15) is 5.69 Å². The van der Waals surface area contributed by atoms with E-state index < -0.39 is 5.82 Å². The highest BCUT2D eigenvalue weighted by Crippen LogP contribution is 2.28. The van der Waals surface area contributed by atoms with E-state index in [1.165, 1.54) is 0 Å². The molecule has 1 aromatic carbocycles. The van der Waals surface area contributed by atoms with E-state index in [1.54, 1.807) is 6.07 Å². The second-order valence-corrected chi connectivity index (χ2v) is 3.85. The van der Waals surface area contributed by atoms with Crippen molar-refractivity contribution in [3.05, 3.63) is 26.5 Å². The summed E-state index contributed by atoms with van der Waals surface area (Å²) in [4.78, 5) is 3.63. The first-order valence-electron chi connectivity index (χ1n) is 3.25. The molecule has 1 aromatic rings. The van der Waals surface area contributed by atoms with Crippen molar-refractivity contribution in [3.8, 4) is 0 Å². The summed E-state index contributed by atoms with van der Waals surface area (Å²) < 4.78 is 13.7. The second kappa shape index (κ2) is 4.10. The fourth-order valence-electron chi connectivity index (χ4n) is 0.770. The minimum Gasteiger partial charge on any atom is -0.370 e. The van der Waals surface area contributed by atoms with Crippen LogP contribution in [-0.4, -0.2) is 5.96 Å². The van der Waals surface area contributed by atoms with Gasteiger partial charge >= 0.3 is 0 Å². The van der Waals surface area contributed by atoms with Crippen LogP contribution in [0.25, 0.3) is 0 Å². The second-order valence-electron chi connectivity index (χ2n) is 2.25. The lowest BCUT2D eigenvalue weighted by atomic mass is 10.3. The van der Waals surface area contributed by atoms with Gasteiger partial charge in [-0.15, -0.1) is 0 Å². The van der Waals surface area contributed by atoms with E-state index in [9.17, 15) is 4.39 Å². The van der Waals surface area contributed by atoms with Gasteiger partial charge in [-0.05, 0) is 34.7 Å². The Morgan fingerprint density at radius 3 is 2.54 bits per heavy atom. The molecule has 0 heterocycles. The van der Waals surface area contributed by atoms with Gasteiger partial charge in [-0.1, -0.05) is 11.6 Å². The maximum Gasteiger partial charge on any atom is 0.191 e. The van der Waals surface area contributed by atoms with Crippen LogP contribution in [0.15, 0.2) is 17.1 Å². The Balaban J connectivity index is 3.29. The summed E-state index contributed by atoms with van der Waals surface area (Å²) in [6, 6.07) is 2.73. The Labute approximate surface area is 93.1 Å². The molecule has 0 bridgehead atoms. The Bertz CT molecular complexity index is 340. The van der Waals surface area contributed by atoms with E-state index in [4.69, 9.17) is 23.1 Å². The van der Waals surface area contributed by atoms with Gasteiger partial charge in [-0.3, -0.25) is 0 Å². The minimum atomic E-state index is -0.537. The van der Waals surface area contributed by atoms with Crippen molar-refractivity contribution in [1.29, 1.82) is 0 Å². The summed E-state index contributed by atoms with van der Waals surface area (Å²) in [6.45, 7) is 0. The fourth-order valence-corrected chi connectivity index (χ4v) is 1.87. The Kier molecular flexibility index (Phi) is 3.32. The lowest BCUT2D eigenvalue weighted by molar-refractivity contribution is 0.629. The van der Waals surface area contributed by atoms with Crippen LogP contribution in [0.1, 0.15) is 0 Å². The molecule has 0 saturated heterocycles. The van der Waals surface area contributed by atoms with Crippen LogP contribution >= 0.6 is 34.2 Å². The molecule has 70 valence electrons. The highest BCUT2D eigenvalue weighted by atomic mass is 127. The van der Waals surface area contributed by atoms with Gasteiger partial charge in [0, 0.05) is 8.59 Å². The van der Waals surface area contributed by atoms with Gasteiger partial charge in [0.2, 0.25) is 0 Å². The van der Waals surface area contributed by atoms with Gasteiger partial charge in [-0.25, -0.2) is 9.38 Å². The molecule has 3 nitrogen and oxygen atoms in total. The minimum absolute atomic E-state index is 0.116. The SMILES string of the molecule is NC(N)=Nc1c(F)cc(Cl)cc1I. The van der Waals surface area contributed by atoms with Gasteiger partial charge in [0.25, 0.3) is 0 Å². The zero-order valence-electron chi connectivity index (χ0n) is 6.39. The fraction of sp³-hybridized carbons (Fsp3) is 0. The molecule has 0 amide bonds. The van der Waals surface area contributed by atoms with E-state index in [0.29, 0.717) is 8.59 Å². The van der Waals surface area contributed by atoms with Gasteiger partial charge in [-0.2, -0.15) is 0 Å². The molecular weight excluding hydrogens is 307 g/mol. The first-order chi connectivity index (χ1) is 6.00. The zero-order valence-corrected chi connectivity index (χ0v) is 9.30. The number of aliphatic imine (C=N–C) groups is 1. The van der Waals surface area contributed by atoms with Crippen LogP contribution in [0.3, 0.4) is 0 Å². The van der Waals surface area contributed by atoms with Crippen LogP contribution in [0.5, 0.6) is 0 Å². The van der Waals surface area contributed by atoms with E-state index in [2.05, 4.69) is 4.99 Å². The summed E-state index contributed by atoms with van der Waals surface area (Å²) in [7, 11) is 0. The van der Waals surface area contributed by atoms with E-state index >= 15 is 0 Å². The average molecular weight is 314 g/mol. The summed E-state index contributed by atoms with van der Waals surface area (Å²) in [5.41, 5.74) is 10.4. The van der Waals surface area contributed by atoms with Crippen molar-refractivity contribution >= 4 is 45.8 Å². The molecular formula is C7H6ClFIN3. The first kappa shape index (κ1) is 10.5. The lowest BCUT2D eigenvalue weighted by Crippen LogP contribution is -2.22. The molecule has 0 fully saturated rings. The highest BCUT2D eigenvalue weighted by Gasteiger charge is 2.07. The number of nitrogens with two attached hydrogens (primary N) is 2. The van der Waals surface area contributed by atoms with Crippen molar-refractivity contribution in [3.63, 3.8) is 0 Å². The molecule has 0 radical (unpaired) electrons. The number of hydrogen-bond acceptors (Lipinski definition) is 1. The summed E-state index contributed by atoms with van der Waals surface area (Å²) >= 11 is 7.51. The van der Waals surface area contributed by atoms with Crippen molar-refractivity contribution in [2.45, 2.75) is 0 Å². The topological polar surface area (TPSA) is 64.4 Å². The molecule has 1 rings (SSSR count). The molecule has 0 atom stereocenters. The molecule has 6 heteroatoms. The third-order valence-corrected chi connectivity index (χ3v) is 2.26. The normalized spacial score (nSPS) is 9.77. The maximum atomic E-state index is 13.2. The maximum absolute atomic E-state index is 13.2.